The Hall–Kier alpha value is -2.82. The van der Waals surface area contributed by atoms with Gasteiger partial charge in [0.2, 0.25) is 11.8 Å². The monoisotopic (exact) mass is 510 g/mol. The first kappa shape index (κ1) is 26.8. The standard InChI is InChI=1S/C29H32Cl2N2O2/c1-4-21(3)32-29(35)27(17-22-11-6-5-7-12-22)33(19-23-14-15-25(30)26(31)16-23)28(34)18-24-13-9-8-10-20(24)2/h5-16,21,27H,4,17-19H2,1-3H3,(H,32,35)/t21-,27+/m1/s1. The van der Waals surface area contributed by atoms with Gasteiger partial charge in [0, 0.05) is 19.0 Å². The van der Waals surface area contributed by atoms with Gasteiger partial charge >= 0.3 is 0 Å². The van der Waals surface area contributed by atoms with Gasteiger partial charge in [0.25, 0.3) is 0 Å². The van der Waals surface area contributed by atoms with Crippen molar-refractivity contribution in [2.45, 2.75) is 58.7 Å². The lowest BCUT2D eigenvalue weighted by Gasteiger charge is -2.32. The third kappa shape index (κ3) is 7.58. The maximum Gasteiger partial charge on any atom is 0.243 e. The second kappa shape index (κ2) is 12.8. The molecule has 0 radical (unpaired) electrons. The van der Waals surface area contributed by atoms with E-state index in [4.69, 9.17) is 23.2 Å². The molecule has 1 N–H and O–H groups in total. The van der Waals surface area contributed by atoms with E-state index in [9.17, 15) is 9.59 Å². The molecule has 0 fully saturated rings. The van der Waals surface area contributed by atoms with Crippen LogP contribution in [0.15, 0.2) is 72.8 Å². The van der Waals surface area contributed by atoms with Crippen LogP contribution in [0.1, 0.15) is 42.5 Å². The molecule has 0 bridgehead atoms. The second-order valence-corrected chi connectivity index (χ2v) is 9.71. The average Bonchev–Trinajstić information content (AvgIpc) is 2.85. The Morgan fingerprint density at radius 2 is 1.60 bits per heavy atom. The summed E-state index contributed by atoms with van der Waals surface area (Å²) in [4.78, 5) is 29.0. The van der Waals surface area contributed by atoms with Crippen LogP contribution in [-0.4, -0.2) is 28.8 Å². The first-order valence-corrected chi connectivity index (χ1v) is 12.7. The summed E-state index contributed by atoms with van der Waals surface area (Å²) in [6, 6.07) is 22.2. The minimum Gasteiger partial charge on any atom is -0.352 e. The number of carbonyl (C=O) groups is 2. The van der Waals surface area contributed by atoms with E-state index in [1.807, 2.05) is 81.4 Å². The van der Waals surface area contributed by atoms with Crippen LogP contribution in [0.4, 0.5) is 0 Å². The molecule has 0 aliphatic heterocycles. The molecule has 3 aromatic carbocycles. The van der Waals surface area contributed by atoms with Crippen molar-refractivity contribution in [1.29, 1.82) is 0 Å². The molecule has 0 aliphatic rings. The van der Waals surface area contributed by atoms with Crippen LogP contribution in [0, 0.1) is 6.92 Å². The van der Waals surface area contributed by atoms with Crippen molar-refractivity contribution in [3.63, 3.8) is 0 Å². The van der Waals surface area contributed by atoms with E-state index in [1.54, 1.807) is 17.0 Å². The van der Waals surface area contributed by atoms with Gasteiger partial charge in [-0.05, 0) is 54.7 Å². The first-order chi connectivity index (χ1) is 16.8. The topological polar surface area (TPSA) is 49.4 Å². The van der Waals surface area contributed by atoms with Crippen LogP contribution in [0.3, 0.4) is 0 Å². The molecule has 0 aromatic heterocycles. The third-order valence-corrected chi connectivity index (χ3v) is 6.95. The number of amides is 2. The molecule has 6 heteroatoms. The molecule has 3 aromatic rings. The Balaban J connectivity index is 2.00. The van der Waals surface area contributed by atoms with Gasteiger partial charge in [0.1, 0.15) is 6.04 Å². The molecule has 0 heterocycles. The number of aryl methyl sites for hydroxylation is 1. The zero-order valence-electron chi connectivity index (χ0n) is 20.4. The summed E-state index contributed by atoms with van der Waals surface area (Å²) < 4.78 is 0. The van der Waals surface area contributed by atoms with Crippen LogP contribution in [0.5, 0.6) is 0 Å². The summed E-state index contributed by atoms with van der Waals surface area (Å²) in [7, 11) is 0. The predicted molar refractivity (Wildman–Crippen MR) is 144 cm³/mol. The van der Waals surface area contributed by atoms with E-state index in [-0.39, 0.29) is 30.8 Å². The average molecular weight is 511 g/mol. The number of nitrogens with zero attached hydrogens (tertiary/aromatic N) is 1. The number of hydrogen-bond acceptors (Lipinski definition) is 2. The number of hydrogen-bond donors (Lipinski definition) is 1. The van der Waals surface area contributed by atoms with E-state index in [0.29, 0.717) is 16.5 Å². The SMILES string of the molecule is CC[C@@H](C)NC(=O)[C@H](Cc1ccccc1)N(Cc1ccc(Cl)c(Cl)c1)C(=O)Cc1ccccc1C. The molecular formula is C29H32Cl2N2O2. The van der Waals surface area contributed by atoms with Crippen molar-refractivity contribution in [2.75, 3.05) is 0 Å². The fourth-order valence-electron chi connectivity index (χ4n) is 3.90. The molecule has 0 aliphatic carbocycles. The second-order valence-electron chi connectivity index (χ2n) is 8.90. The molecule has 3 rings (SSSR count). The molecule has 35 heavy (non-hydrogen) atoms. The van der Waals surface area contributed by atoms with Gasteiger partial charge in [-0.15, -0.1) is 0 Å². The first-order valence-electron chi connectivity index (χ1n) is 11.9. The van der Waals surface area contributed by atoms with Gasteiger partial charge in [-0.1, -0.05) is 90.8 Å². The smallest absolute Gasteiger partial charge is 0.243 e. The molecule has 2 atom stereocenters. The largest absolute Gasteiger partial charge is 0.352 e. The Labute approximate surface area is 218 Å². The highest BCUT2D eigenvalue weighted by molar-refractivity contribution is 6.42. The van der Waals surface area contributed by atoms with E-state index in [0.717, 1.165) is 28.7 Å². The van der Waals surface area contributed by atoms with Crippen molar-refractivity contribution in [3.05, 3.63) is 105 Å². The Morgan fingerprint density at radius 1 is 0.914 bits per heavy atom. The third-order valence-electron chi connectivity index (χ3n) is 6.21. The van der Waals surface area contributed by atoms with Crippen LogP contribution in [-0.2, 0) is 29.0 Å². The molecule has 4 nitrogen and oxygen atoms in total. The van der Waals surface area contributed by atoms with Gasteiger partial charge in [-0.3, -0.25) is 9.59 Å². The highest BCUT2D eigenvalue weighted by Gasteiger charge is 2.31. The summed E-state index contributed by atoms with van der Waals surface area (Å²) in [5, 5.41) is 3.95. The van der Waals surface area contributed by atoms with Crippen LogP contribution < -0.4 is 5.32 Å². The Morgan fingerprint density at radius 3 is 2.26 bits per heavy atom. The fraction of sp³-hybridized carbons (Fsp3) is 0.310. The summed E-state index contributed by atoms with van der Waals surface area (Å²) in [5.41, 5.74) is 3.78. The zero-order chi connectivity index (χ0) is 25.4. The van der Waals surface area contributed by atoms with Crippen molar-refractivity contribution in [1.82, 2.24) is 10.2 Å². The highest BCUT2D eigenvalue weighted by Crippen LogP contribution is 2.25. The van der Waals surface area contributed by atoms with Gasteiger partial charge in [-0.2, -0.15) is 0 Å². The molecule has 2 amide bonds. The minimum absolute atomic E-state index is 0.000862. The van der Waals surface area contributed by atoms with E-state index < -0.39 is 6.04 Å². The van der Waals surface area contributed by atoms with E-state index in [1.165, 1.54) is 0 Å². The van der Waals surface area contributed by atoms with Crippen molar-refractivity contribution < 1.29 is 9.59 Å². The molecule has 184 valence electrons. The molecular weight excluding hydrogens is 479 g/mol. The van der Waals surface area contributed by atoms with Crippen molar-refractivity contribution in [2.24, 2.45) is 0 Å². The maximum atomic E-state index is 13.8. The van der Waals surface area contributed by atoms with Crippen molar-refractivity contribution in [3.8, 4) is 0 Å². The van der Waals surface area contributed by atoms with Crippen LogP contribution in [0.2, 0.25) is 10.0 Å². The lowest BCUT2D eigenvalue weighted by atomic mass is 10.00. The van der Waals surface area contributed by atoms with Crippen LogP contribution in [0.25, 0.3) is 0 Å². The Kier molecular flexibility index (Phi) is 9.76. The molecule has 0 spiro atoms. The lowest BCUT2D eigenvalue weighted by molar-refractivity contribution is -0.141. The zero-order valence-corrected chi connectivity index (χ0v) is 21.9. The summed E-state index contributed by atoms with van der Waals surface area (Å²) in [6.07, 6.45) is 1.41. The molecule has 0 saturated carbocycles. The van der Waals surface area contributed by atoms with Gasteiger partial charge in [0.05, 0.1) is 16.5 Å². The van der Waals surface area contributed by atoms with E-state index >= 15 is 0 Å². The quantitative estimate of drug-likeness (QED) is 0.343. The molecule has 0 unspecified atom stereocenters. The Bertz CT molecular complexity index is 1150. The number of nitrogens with one attached hydrogen (secondary N) is 1. The molecule has 0 saturated heterocycles. The number of rotatable bonds is 10. The van der Waals surface area contributed by atoms with Gasteiger partial charge in [-0.25, -0.2) is 0 Å². The number of carbonyl (C=O) groups excluding carboxylic acids is 2. The van der Waals surface area contributed by atoms with Crippen LogP contribution >= 0.6 is 23.2 Å². The lowest BCUT2D eigenvalue weighted by Crippen LogP contribution is -2.52. The number of halogens is 2. The highest BCUT2D eigenvalue weighted by atomic mass is 35.5. The van der Waals surface area contributed by atoms with Gasteiger partial charge in [0.15, 0.2) is 0 Å². The van der Waals surface area contributed by atoms with E-state index in [2.05, 4.69) is 5.32 Å². The number of benzene rings is 3. The summed E-state index contributed by atoms with van der Waals surface area (Å²) >= 11 is 12.4. The maximum absolute atomic E-state index is 13.8. The van der Waals surface area contributed by atoms with Crippen molar-refractivity contribution >= 4 is 35.0 Å². The van der Waals surface area contributed by atoms with Gasteiger partial charge < -0.3 is 10.2 Å². The summed E-state index contributed by atoms with van der Waals surface area (Å²) in [6.45, 7) is 6.22. The fourth-order valence-corrected chi connectivity index (χ4v) is 4.22. The predicted octanol–water partition coefficient (Wildman–Crippen LogP) is 6.40. The normalized spacial score (nSPS) is 12.6. The minimum atomic E-state index is -0.683. The summed E-state index contributed by atoms with van der Waals surface area (Å²) in [5.74, 6) is -0.285.